The molecule has 0 unspecified atom stereocenters. The fourth-order valence-corrected chi connectivity index (χ4v) is 2.19. The van der Waals surface area contributed by atoms with Gasteiger partial charge >= 0.3 is 0 Å². The smallest absolute Gasteiger partial charge is 0.131 e. The van der Waals surface area contributed by atoms with Crippen LogP contribution in [0.1, 0.15) is 17.6 Å². The highest BCUT2D eigenvalue weighted by Gasteiger charge is 2.03. The number of ether oxygens (including phenoxy) is 1. The number of halogens is 1. The quantitative estimate of drug-likeness (QED) is 0.873. The molecule has 0 spiro atoms. The minimum atomic E-state index is -0.293. The Morgan fingerprint density at radius 2 is 2.33 bits per heavy atom. The third-order valence-electron chi connectivity index (χ3n) is 2.31. The SMILES string of the molecule is CCNCc1nc(COc2cccc(F)c2)cs1. The third kappa shape index (κ3) is 3.78. The molecule has 0 saturated heterocycles. The van der Waals surface area contributed by atoms with Crippen molar-refractivity contribution >= 4 is 11.3 Å². The minimum absolute atomic E-state index is 0.293. The number of benzene rings is 1. The van der Waals surface area contributed by atoms with Crippen molar-refractivity contribution < 1.29 is 9.13 Å². The second-order valence-corrected chi connectivity index (χ2v) is 4.70. The number of nitrogens with zero attached hydrogens (tertiary/aromatic N) is 1. The van der Waals surface area contributed by atoms with Crippen molar-refractivity contribution in [3.05, 3.63) is 46.2 Å². The summed E-state index contributed by atoms with van der Waals surface area (Å²) in [6.45, 7) is 4.13. The molecule has 0 aliphatic heterocycles. The lowest BCUT2D eigenvalue weighted by Gasteiger charge is -2.03. The van der Waals surface area contributed by atoms with Crippen molar-refractivity contribution in [1.82, 2.24) is 10.3 Å². The van der Waals surface area contributed by atoms with E-state index in [1.807, 2.05) is 5.38 Å². The van der Waals surface area contributed by atoms with E-state index in [1.165, 1.54) is 12.1 Å². The van der Waals surface area contributed by atoms with E-state index in [0.29, 0.717) is 12.4 Å². The molecule has 96 valence electrons. The van der Waals surface area contributed by atoms with Gasteiger partial charge in [-0.2, -0.15) is 0 Å². The molecule has 0 bridgehead atoms. The van der Waals surface area contributed by atoms with Gasteiger partial charge in [-0.3, -0.25) is 0 Å². The molecular weight excluding hydrogens is 251 g/mol. The molecule has 18 heavy (non-hydrogen) atoms. The first-order valence-electron chi connectivity index (χ1n) is 5.80. The first kappa shape index (κ1) is 13.0. The normalized spacial score (nSPS) is 10.6. The van der Waals surface area contributed by atoms with Crippen LogP contribution >= 0.6 is 11.3 Å². The van der Waals surface area contributed by atoms with Gasteiger partial charge in [-0.1, -0.05) is 13.0 Å². The first-order valence-corrected chi connectivity index (χ1v) is 6.68. The van der Waals surface area contributed by atoms with Gasteiger partial charge in [0.15, 0.2) is 0 Å². The molecule has 1 aromatic heterocycles. The number of rotatable bonds is 6. The van der Waals surface area contributed by atoms with E-state index in [1.54, 1.807) is 23.5 Å². The third-order valence-corrected chi connectivity index (χ3v) is 3.21. The molecule has 1 heterocycles. The summed E-state index contributed by atoms with van der Waals surface area (Å²) in [6.07, 6.45) is 0. The molecule has 1 N–H and O–H groups in total. The first-order chi connectivity index (χ1) is 8.78. The zero-order valence-electron chi connectivity index (χ0n) is 10.1. The van der Waals surface area contributed by atoms with Crippen molar-refractivity contribution in [3.8, 4) is 5.75 Å². The highest BCUT2D eigenvalue weighted by atomic mass is 32.1. The van der Waals surface area contributed by atoms with Crippen LogP contribution in [0.5, 0.6) is 5.75 Å². The van der Waals surface area contributed by atoms with Crippen LogP contribution in [0.2, 0.25) is 0 Å². The van der Waals surface area contributed by atoms with Gasteiger partial charge in [0.25, 0.3) is 0 Å². The van der Waals surface area contributed by atoms with Gasteiger partial charge in [0.1, 0.15) is 23.2 Å². The summed E-state index contributed by atoms with van der Waals surface area (Å²) in [7, 11) is 0. The Kier molecular flexibility index (Phi) is 4.66. The second kappa shape index (κ2) is 6.47. The Labute approximate surface area is 110 Å². The molecule has 0 aliphatic rings. The van der Waals surface area contributed by atoms with Crippen LogP contribution in [0.15, 0.2) is 29.6 Å². The fraction of sp³-hybridized carbons (Fsp3) is 0.308. The number of thiazole rings is 1. The molecule has 2 rings (SSSR count). The maximum atomic E-state index is 12.9. The van der Waals surface area contributed by atoms with Crippen LogP contribution in [0, 0.1) is 5.82 Å². The summed E-state index contributed by atoms with van der Waals surface area (Å²) in [6, 6.07) is 6.12. The molecule has 0 atom stereocenters. The summed E-state index contributed by atoms with van der Waals surface area (Å²) in [4.78, 5) is 4.42. The average molecular weight is 266 g/mol. The molecular formula is C13H15FN2OS. The fourth-order valence-electron chi connectivity index (χ4n) is 1.44. The van der Waals surface area contributed by atoms with Crippen LogP contribution in [-0.2, 0) is 13.2 Å². The Hall–Kier alpha value is -1.46. The number of hydrogen-bond donors (Lipinski definition) is 1. The van der Waals surface area contributed by atoms with Crippen molar-refractivity contribution in [1.29, 1.82) is 0 Å². The standard InChI is InChI=1S/C13H15FN2OS/c1-2-15-7-13-16-11(9-18-13)8-17-12-5-3-4-10(14)6-12/h3-6,9,15H,2,7-8H2,1H3. The van der Waals surface area contributed by atoms with Crippen molar-refractivity contribution in [2.45, 2.75) is 20.1 Å². The van der Waals surface area contributed by atoms with Crippen molar-refractivity contribution in [2.75, 3.05) is 6.54 Å². The van der Waals surface area contributed by atoms with Gasteiger partial charge in [0.05, 0.1) is 5.69 Å². The van der Waals surface area contributed by atoms with E-state index >= 15 is 0 Å². The highest BCUT2D eigenvalue weighted by Crippen LogP contribution is 2.15. The summed E-state index contributed by atoms with van der Waals surface area (Å²) in [5.74, 6) is 0.231. The zero-order chi connectivity index (χ0) is 12.8. The van der Waals surface area contributed by atoms with Crippen LogP contribution in [0.3, 0.4) is 0 Å². The Morgan fingerprint density at radius 3 is 3.11 bits per heavy atom. The summed E-state index contributed by atoms with van der Waals surface area (Å²) in [5.41, 5.74) is 0.872. The largest absolute Gasteiger partial charge is 0.487 e. The summed E-state index contributed by atoms with van der Waals surface area (Å²) < 4.78 is 18.4. The lowest BCUT2D eigenvalue weighted by molar-refractivity contribution is 0.300. The van der Waals surface area contributed by atoms with Gasteiger partial charge in [-0.25, -0.2) is 9.37 Å². The summed E-state index contributed by atoms with van der Waals surface area (Å²) in [5, 5.41) is 6.22. The van der Waals surface area contributed by atoms with Crippen LogP contribution in [0.25, 0.3) is 0 Å². The van der Waals surface area contributed by atoms with Crippen LogP contribution < -0.4 is 10.1 Å². The molecule has 1 aromatic carbocycles. The maximum Gasteiger partial charge on any atom is 0.131 e. The lowest BCUT2D eigenvalue weighted by Crippen LogP contribution is -2.11. The van der Waals surface area contributed by atoms with Crippen molar-refractivity contribution in [2.24, 2.45) is 0 Å². The molecule has 3 nitrogen and oxygen atoms in total. The molecule has 0 radical (unpaired) electrons. The van der Waals surface area contributed by atoms with E-state index in [9.17, 15) is 4.39 Å². The molecule has 0 saturated carbocycles. The van der Waals surface area contributed by atoms with Gasteiger partial charge in [0, 0.05) is 18.0 Å². The Bertz CT molecular complexity index is 501. The monoisotopic (exact) mass is 266 g/mol. The number of aromatic nitrogens is 1. The van der Waals surface area contributed by atoms with Crippen molar-refractivity contribution in [3.63, 3.8) is 0 Å². The highest BCUT2D eigenvalue weighted by molar-refractivity contribution is 7.09. The predicted molar refractivity (Wildman–Crippen MR) is 70.2 cm³/mol. The minimum Gasteiger partial charge on any atom is -0.487 e. The molecule has 0 aliphatic carbocycles. The van der Waals surface area contributed by atoms with Gasteiger partial charge in [-0.05, 0) is 18.7 Å². The molecule has 2 aromatic rings. The average Bonchev–Trinajstić information content (AvgIpc) is 2.82. The van der Waals surface area contributed by atoms with Crippen LogP contribution in [-0.4, -0.2) is 11.5 Å². The predicted octanol–water partition coefficient (Wildman–Crippen LogP) is 2.97. The molecule has 0 amide bonds. The topological polar surface area (TPSA) is 34.2 Å². The van der Waals surface area contributed by atoms with Crippen LogP contribution in [0.4, 0.5) is 4.39 Å². The maximum absolute atomic E-state index is 12.9. The van der Waals surface area contributed by atoms with E-state index in [2.05, 4.69) is 17.2 Å². The Morgan fingerprint density at radius 1 is 1.44 bits per heavy atom. The lowest BCUT2D eigenvalue weighted by atomic mass is 10.3. The Balaban J connectivity index is 1.88. The van der Waals surface area contributed by atoms with Gasteiger partial charge in [0.2, 0.25) is 0 Å². The number of nitrogens with one attached hydrogen (secondary N) is 1. The van der Waals surface area contributed by atoms with E-state index < -0.39 is 0 Å². The van der Waals surface area contributed by atoms with E-state index in [4.69, 9.17) is 4.74 Å². The van der Waals surface area contributed by atoms with Gasteiger partial charge < -0.3 is 10.1 Å². The van der Waals surface area contributed by atoms with E-state index in [-0.39, 0.29) is 5.82 Å². The summed E-state index contributed by atoms with van der Waals surface area (Å²) >= 11 is 1.60. The molecule has 0 fully saturated rings. The molecule has 5 heteroatoms. The zero-order valence-corrected chi connectivity index (χ0v) is 11.0. The number of hydrogen-bond acceptors (Lipinski definition) is 4. The second-order valence-electron chi connectivity index (χ2n) is 3.76. The van der Waals surface area contributed by atoms with E-state index in [0.717, 1.165) is 23.8 Å². The van der Waals surface area contributed by atoms with Gasteiger partial charge in [-0.15, -0.1) is 11.3 Å².